The minimum atomic E-state index is 0.786. The molecule has 2 saturated carbocycles. The van der Waals surface area contributed by atoms with E-state index in [0.29, 0.717) is 0 Å². The number of unbranched alkanes of at least 4 members (excludes halogenated alkanes) is 1. The number of ether oxygens (including phenoxy) is 1. The van der Waals surface area contributed by atoms with Gasteiger partial charge in [0.15, 0.2) is 0 Å². The fourth-order valence-electron chi connectivity index (χ4n) is 3.48. The van der Waals surface area contributed by atoms with Gasteiger partial charge in [0.05, 0.1) is 13.2 Å². The number of hydrogen-bond acceptors (Lipinski definition) is 1. The molecule has 2 aliphatic carbocycles. The van der Waals surface area contributed by atoms with Crippen LogP contribution in [-0.2, 0) is 11.3 Å². The zero-order chi connectivity index (χ0) is 13.1. The van der Waals surface area contributed by atoms with E-state index in [2.05, 4.69) is 37.3 Å². The summed E-state index contributed by atoms with van der Waals surface area (Å²) in [4.78, 5) is 0. The van der Waals surface area contributed by atoms with Gasteiger partial charge in [0.1, 0.15) is 0 Å². The lowest BCUT2D eigenvalue weighted by Crippen LogP contribution is -2.00. The first-order valence-corrected chi connectivity index (χ1v) is 8.00. The summed E-state index contributed by atoms with van der Waals surface area (Å²) in [5.74, 6) is 4.03. The number of rotatable bonds is 8. The normalized spacial score (nSPS) is 32.3. The summed E-state index contributed by atoms with van der Waals surface area (Å²) in [6.45, 7) is 4.07. The van der Waals surface area contributed by atoms with Crippen molar-refractivity contribution < 1.29 is 4.74 Å². The zero-order valence-corrected chi connectivity index (χ0v) is 12.1. The van der Waals surface area contributed by atoms with Gasteiger partial charge >= 0.3 is 0 Å². The Balaban J connectivity index is 1.30. The topological polar surface area (TPSA) is 9.23 Å². The van der Waals surface area contributed by atoms with Crippen LogP contribution in [0, 0.1) is 23.7 Å². The molecule has 2 fully saturated rings. The maximum absolute atomic E-state index is 5.87. The first-order chi connectivity index (χ1) is 9.38. The molecular weight excluding hydrogens is 232 g/mol. The van der Waals surface area contributed by atoms with E-state index in [1.807, 2.05) is 0 Å². The standard InChI is InChI=1S/C18H26O/c1-2-3-9-15-10-17(15)18-11-16(18)13-19-12-14-7-5-4-6-8-14/h4-8,15-18H,2-3,9-13H2,1H3/t15-,16+,17-,18+/m1/s1. The van der Waals surface area contributed by atoms with Crippen molar-refractivity contribution in [2.24, 2.45) is 23.7 Å². The Morgan fingerprint density at radius 1 is 1.05 bits per heavy atom. The van der Waals surface area contributed by atoms with Crippen LogP contribution in [0.3, 0.4) is 0 Å². The molecule has 0 aliphatic heterocycles. The molecule has 0 amide bonds. The van der Waals surface area contributed by atoms with E-state index in [1.165, 1.54) is 37.7 Å². The predicted octanol–water partition coefficient (Wildman–Crippen LogP) is 4.67. The molecule has 4 atom stereocenters. The van der Waals surface area contributed by atoms with Crippen molar-refractivity contribution in [3.8, 4) is 0 Å². The molecule has 0 saturated heterocycles. The van der Waals surface area contributed by atoms with Gasteiger partial charge in [-0.15, -0.1) is 0 Å². The van der Waals surface area contributed by atoms with Gasteiger partial charge in [-0.2, -0.15) is 0 Å². The Bertz CT molecular complexity index is 386. The molecule has 19 heavy (non-hydrogen) atoms. The Kier molecular flexibility index (Phi) is 4.22. The van der Waals surface area contributed by atoms with Crippen molar-refractivity contribution in [2.75, 3.05) is 6.61 Å². The van der Waals surface area contributed by atoms with Crippen molar-refractivity contribution in [1.82, 2.24) is 0 Å². The summed E-state index contributed by atoms with van der Waals surface area (Å²) < 4.78 is 5.87. The lowest BCUT2D eigenvalue weighted by Gasteiger charge is -2.04. The largest absolute Gasteiger partial charge is 0.376 e. The Morgan fingerprint density at radius 3 is 2.58 bits per heavy atom. The molecule has 0 radical (unpaired) electrons. The van der Waals surface area contributed by atoms with E-state index in [1.54, 1.807) is 0 Å². The van der Waals surface area contributed by atoms with E-state index in [-0.39, 0.29) is 0 Å². The molecule has 1 aromatic carbocycles. The van der Waals surface area contributed by atoms with Gasteiger partial charge in [0.2, 0.25) is 0 Å². The van der Waals surface area contributed by atoms with Gasteiger partial charge in [0, 0.05) is 0 Å². The summed E-state index contributed by atoms with van der Waals surface area (Å²) in [6, 6.07) is 10.5. The fraction of sp³-hybridized carbons (Fsp3) is 0.667. The Morgan fingerprint density at radius 2 is 1.79 bits per heavy atom. The Labute approximate surface area is 117 Å². The van der Waals surface area contributed by atoms with Gasteiger partial charge < -0.3 is 4.74 Å². The number of benzene rings is 1. The van der Waals surface area contributed by atoms with Crippen LogP contribution < -0.4 is 0 Å². The molecule has 0 bridgehead atoms. The SMILES string of the molecule is CCCC[C@@H]1C[C@H]1[C@H]1C[C@H]1COCc1ccccc1. The molecule has 0 heterocycles. The smallest absolute Gasteiger partial charge is 0.0717 e. The zero-order valence-electron chi connectivity index (χ0n) is 12.1. The molecule has 0 unspecified atom stereocenters. The summed E-state index contributed by atoms with van der Waals surface area (Å²) >= 11 is 0. The van der Waals surface area contributed by atoms with Crippen LogP contribution in [0.1, 0.15) is 44.6 Å². The lowest BCUT2D eigenvalue weighted by molar-refractivity contribution is 0.107. The van der Waals surface area contributed by atoms with Gasteiger partial charge in [-0.1, -0.05) is 56.5 Å². The van der Waals surface area contributed by atoms with Crippen LogP contribution in [0.5, 0.6) is 0 Å². The van der Waals surface area contributed by atoms with Crippen molar-refractivity contribution in [3.63, 3.8) is 0 Å². The summed E-state index contributed by atoms with van der Waals surface area (Å²) in [5, 5.41) is 0. The molecule has 0 spiro atoms. The average Bonchev–Trinajstić information content (AvgIpc) is 3.32. The highest BCUT2D eigenvalue weighted by Gasteiger charge is 2.52. The Hall–Kier alpha value is -0.820. The highest BCUT2D eigenvalue weighted by atomic mass is 16.5. The third kappa shape index (κ3) is 3.60. The third-order valence-corrected chi connectivity index (χ3v) is 4.88. The summed E-state index contributed by atoms with van der Waals surface area (Å²) in [5.41, 5.74) is 1.30. The first-order valence-electron chi connectivity index (χ1n) is 8.00. The van der Waals surface area contributed by atoms with E-state index >= 15 is 0 Å². The van der Waals surface area contributed by atoms with Crippen LogP contribution in [0.2, 0.25) is 0 Å². The molecule has 0 aromatic heterocycles. The van der Waals surface area contributed by atoms with Crippen LogP contribution in [-0.4, -0.2) is 6.61 Å². The lowest BCUT2D eigenvalue weighted by atomic mass is 10.1. The minimum absolute atomic E-state index is 0.786. The second-order valence-corrected chi connectivity index (χ2v) is 6.46. The second kappa shape index (κ2) is 6.09. The molecule has 104 valence electrons. The highest BCUT2D eigenvalue weighted by Crippen LogP contribution is 2.59. The van der Waals surface area contributed by atoms with E-state index in [0.717, 1.165) is 36.9 Å². The minimum Gasteiger partial charge on any atom is -0.376 e. The van der Waals surface area contributed by atoms with Crippen LogP contribution >= 0.6 is 0 Å². The van der Waals surface area contributed by atoms with Crippen molar-refractivity contribution in [2.45, 2.75) is 45.6 Å². The quantitative estimate of drug-likeness (QED) is 0.658. The fourth-order valence-corrected chi connectivity index (χ4v) is 3.48. The third-order valence-electron chi connectivity index (χ3n) is 4.88. The first kappa shape index (κ1) is 13.2. The van der Waals surface area contributed by atoms with Crippen molar-refractivity contribution in [3.05, 3.63) is 35.9 Å². The predicted molar refractivity (Wildman–Crippen MR) is 78.8 cm³/mol. The molecular formula is C18H26O. The second-order valence-electron chi connectivity index (χ2n) is 6.46. The maximum atomic E-state index is 5.87. The van der Waals surface area contributed by atoms with Crippen molar-refractivity contribution in [1.29, 1.82) is 0 Å². The van der Waals surface area contributed by atoms with Crippen molar-refractivity contribution >= 4 is 0 Å². The monoisotopic (exact) mass is 258 g/mol. The highest BCUT2D eigenvalue weighted by molar-refractivity contribution is 5.13. The van der Waals surface area contributed by atoms with E-state index < -0.39 is 0 Å². The molecule has 2 aliphatic rings. The van der Waals surface area contributed by atoms with Crippen LogP contribution in [0.15, 0.2) is 30.3 Å². The van der Waals surface area contributed by atoms with Crippen LogP contribution in [0.25, 0.3) is 0 Å². The van der Waals surface area contributed by atoms with E-state index in [4.69, 9.17) is 4.74 Å². The summed E-state index contributed by atoms with van der Waals surface area (Å²) in [6.07, 6.45) is 7.22. The molecule has 3 rings (SSSR count). The van der Waals surface area contributed by atoms with Gasteiger partial charge in [-0.25, -0.2) is 0 Å². The maximum Gasteiger partial charge on any atom is 0.0717 e. The molecule has 0 N–H and O–H groups in total. The average molecular weight is 258 g/mol. The molecule has 1 heteroatoms. The summed E-state index contributed by atoms with van der Waals surface area (Å²) in [7, 11) is 0. The van der Waals surface area contributed by atoms with E-state index in [9.17, 15) is 0 Å². The van der Waals surface area contributed by atoms with Crippen LogP contribution in [0.4, 0.5) is 0 Å². The van der Waals surface area contributed by atoms with Gasteiger partial charge in [0.25, 0.3) is 0 Å². The van der Waals surface area contributed by atoms with Gasteiger partial charge in [-0.3, -0.25) is 0 Å². The molecule has 1 aromatic rings. The number of hydrogen-bond donors (Lipinski definition) is 0. The van der Waals surface area contributed by atoms with Gasteiger partial charge in [-0.05, 0) is 42.1 Å². The molecule has 1 nitrogen and oxygen atoms in total.